The number of H-pyrrole nitrogens is 1. The third-order valence-electron chi connectivity index (χ3n) is 2.84. The number of imidazole rings is 1. The molecule has 1 N–H and O–H groups in total. The van der Waals surface area contributed by atoms with Crippen molar-refractivity contribution in [3.63, 3.8) is 0 Å². The molecule has 7 heteroatoms. The standard InChI is InChI=1S/C12H14F3N3S/c1-8-6-9-10(16-7-8)18(11(19)17-9)5-3-2-4-12(13,14)15/h6-7H,2-5H2,1H3,(H,17,19). The molecule has 2 aromatic rings. The molecule has 2 heterocycles. The number of nitrogens with one attached hydrogen (secondary N) is 1. The van der Waals surface area contributed by atoms with Crippen LogP contribution in [0.15, 0.2) is 12.3 Å². The molecule has 3 nitrogen and oxygen atoms in total. The normalized spacial score (nSPS) is 12.2. The first kappa shape index (κ1) is 14.0. The Bertz CT molecular complexity index is 627. The molecule has 0 spiro atoms. The minimum Gasteiger partial charge on any atom is -0.329 e. The second kappa shape index (κ2) is 5.32. The van der Waals surface area contributed by atoms with Gasteiger partial charge in [0.25, 0.3) is 0 Å². The summed E-state index contributed by atoms with van der Waals surface area (Å²) in [5.74, 6) is 0. The Balaban J connectivity index is 2.09. The Hall–Kier alpha value is -1.37. The number of fused-ring (bicyclic) bond motifs is 1. The summed E-state index contributed by atoms with van der Waals surface area (Å²) in [5, 5.41) is 0. The van der Waals surface area contributed by atoms with Crippen LogP contribution in [0.5, 0.6) is 0 Å². The van der Waals surface area contributed by atoms with Crippen LogP contribution < -0.4 is 0 Å². The summed E-state index contributed by atoms with van der Waals surface area (Å²) in [6, 6.07) is 1.92. The van der Waals surface area contributed by atoms with Crippen LogP contribution in [-0.4, -0.2) is 20.7 Å². The first-order chi connectivity index (χ1) is 8.87. The van der Waals surface area contributed by atoms with Gasteiger partial charge in [-0.1, -0.05) is 0 Å². The summed E-state index contributed by atoms with van der Waals surface area (Å²) in [5.41, 5.74) is 2.52. The van der Waals surface area contributed by atoms with E-state index in [-0.39, 0.29) is 6.42 Å². The molecule has 2 rings (SSSR count). The minimum absolute atomic E-state index is 0.101. The van der Waals surface area contributed by atoms with E-state index in [4.69, 9.17) is 12.2 Å². The maximum Gasteiger partial charge on any atom is 0.389 e. The molecular weight excluding hydrogens is 275 g/mol. The van der Waals surface area contributed by atoms with Gasteiger partial charge in [-0.2, -0.15) is 13.2 Å². The van der Waals surface area contributed by atoms with Gasteiger partial charge in [-0.05, 0) is 43.6 Å². The highest BCUT2D eigenvalue weighted by atomic mass is 32.1. The maximum atomic E-state index is 12.1. The average molecular weight is 289 g/mol. The third kappa shape index (κ3) is 3.56. The average Bonchev–Trinajstić information content (AvgIpc) is 2.58. The molecule has 104 valence electrons. The lowest BCUT2D eigenvalue weighted by Crippen LogP contribution is -2.07. The Kier molecular flexibility index (Phi) is 3.93. The van der Waals surface area contributed by atoms with Gasteiger partial charge in [0.2, 0.25) is 0 Å². The Morgan fingerprint density at radius 2 is 2.11 bits per heavy atom. The van der Waals surface area contributed by atoms with Gasteiger partial charge in [-0.3, -0.25) is 0 Å². The predicted octanol–water partition coefficient (Wildman–Crippen LogP) is 4.13. The lowest BCUT2D eigenvalue weighted by atomic mass is 10.2. The van der Waals surface area contributed by atoms with Crippen molar-refractivity contribution < 1.29 is 13.2 Å². The van der Waals surface area contributed by atoms with E-state index in [2.05, 4.69) is 9.97 Å². The number of halogens is 3. The molecule has 0 radical (unpaired) electrons. The zero-order valence-corrected chi connectivity index (χ0v) is 11.2. The maximum absolute atomic E-state index is 12.1. The van der Waals surface area contributed by atoms with Gasteiger partial charge in [0.1, 0.15) is 0 Å². The fraction of sp³-hybridized carbons (Fsp3) is 0.500. The molecule has 0 atom stereocenters. The van der Waals surface area contributed by atoms with E-state index in [0.29, 0.717) is 23.4 Å². The van der Waals surface area contributed by atoms with E-state index in [0.717, 1.165) is 11.1 Å². The monoisotopic (exact) mass is 289 g/mol. The van der Waals surface area contributed by atoms with E-state index in [9.17, 15) is 13.2 Å². The van der Waals surface area contributed by atoms with Crippen LogP contribution in [0, 0.1) is 11.7 Å². The molecule has 0 aliphatic rings. The van der Waals surface area contributed by atoms with Crippen molar-refractivity contribution in [2.45, 2.75) is 38.9 Å². The van der Waals surface area contributed by atoms with Crippen molar-refractivity contribution >= 4 is 23.4 Å². The van der Waals surface area contributed by atoms with E-state index >= 15 is 0 Å². The molecule has 0 bridgehead atoms. The van der Waals surface area contributed by atoms with Crippen LogP contribution in [0.2, 0.25) is 0 Å². The number of rotatable bonds is 4. The molecule has 0 amide bonds. The van der Waals surface area contributed by atoms with Gasteiger partial charge >= 0.3 is 6.18 Å². The zero-order valence-electron chi connectivity index (χ0n) is 10.4. The summed E-state index contributed by atoms with van der Waals surface area (Å²) in [4.78, 5) is 7.29. The number of aryl methyl sites for hydroxylation is 2. The van der Waals surface area contributed by atoms with E-state index in [1.807, 2.05) is 13.0 Å². The topological polar surface area (TPSA) is 33.6 Å². The number of aromatic nitrogens is 3. The van der Waals surface area contributed by atoms with Crippen LogP contribution >= 0.6 is 12.2 Å². The van der Waals surface area contributed by atoms with Crippen molar-refractivity contribution in [1.82, 2.24) is 14.5 Å². The molecule has 0 aliphatic heterocycles. The van der Waals surface area contributed by atoms with Crippen molar-refractivity contribution in [3.05, 3.63) is 22.6 Å². The molecule has 0 saturated heterocycles. The molecule has 0 aromatic carbocycles. The van der Waals surface area contributed by atoms with Gasteiger partial charge in [0.05, 0.1) is 5.52 Å². The van der Waals surface area contributed by atoms with Crippen molar-refractivity contribution in [1.29, 1.82) is 0 Å². The lowest BCUT2D eigenvalue weighted by Gasteiger charge is -2.06. The number of hydrogen-bond acceptors (Lipinski definition) is 2. The first-order valence-corrected chi connectivity index (χ1v) is 6.39. The zero-order chi connectivity index (χ0) is 14.0. The predicted molar refractivity (Wildman–Crippen MR) is 69.6 cm³/mol. The summed E-state index contributed by atoms with van der Waals surface area (Å²) < 4.78 is 38.4. The minimum atomic E-state index is -4.09. The van der Waals surface area contributed by atoms with Crippen LogP contribution in [-0.2, 0) is 6.54 Å². The Morgan fingerprint density at radius 1 is 1.37 bits per heavy atom. The highest BCUT2D eigenvalue weighted by Gasteiger charge is 2.25. The van der Waals surface area contributed by atoms with Crippen LogP contribution in [0.1, 0.15) is 24.8 Å². The van der Waals surface area contributed by atoms with E-state index in [1.165, 1.54) is 0 Å². The largest absolute Gasteiger partial charge is 0.389 e. The molecular formula is C12H14F3N3S. The van der Waals surface area contributed by atoms with E-state index in [1.54, 1.807) is 10.8 Å². The number of hydrogen-bond donors (Lipinski definition) is 1. The third-order valence-corrected chi connectivity index (χ3v) is 3.16. The number of unbranched alkanes of at least 4 members (excludes halogenated alkanes) is 1. The molecule has 0 fully saturated rings. The summed E-state index contributed by atoms with van der Waals surface area (Å²) in [6.45, 7) is 2.37. The van der Waals surface area contributed by atoms with Crippen LogP contribution in [0.4, 0.5) is 13.2 Å². The van der Waals surface area contributed by atoms with Gasteiger partial charge in [-0.15, -0.1) is 0 Å². The van der Waals surface area contributed by atoms with Crippen molar-refractivity contribution in [3.8, 4) is 0 Å². The second-order valence-electron chi connectivity index (χ2n) is 4.54. The lowest BCUT2D eigenvalue weighted by molar-refractivity contribution is -0.135. The SMILES string of the molecule is Cc1cnc2c(c1)[nH]c(=S)n2CCCCC(F)(F)F. The molecule has 0 aliphatic carbocycles. The molecule has 0 saturated carbocycles. The second-order valence-corrected chi connectivity index (χ2v) is 4.92. The van der Waals surface area contributed by atoms with Crippen LogP contribution in [0.25, 0.3) is 11.2 Å². The summed E-state index contributed by atoms with van der Waals surface area (Å²) >= 11 is 5.16. The molecule has 19 heavy (non-hydrogen) atoms. The van der Waals surface area contributed by atoms with Gasteiger partial charge in [-0.25, -0.2) is 4.98 Å². The van der Waals surface area contributed by atoms with Gasteiger partial charge < -0.3 is 9.55 Å². The highest BCUT2D eigenvalue weighted by molar-refractivity contribution is 7.71. The highest BCUT2D eigenvalue weighted by Crippen LogP contribution is 2.22. The summed E-state index contributed by atoms with van der Waals surface area (Å²) in [7, 11) is 0. The number of alkyl halides is 3. The fourth-order valence-electron chi connectivity index (χ4n) is 1.95. The van der Waals surface area contributed by atoms with Gasteiger partial charge in [0.15, 0.2) is 10.4 Å². The smallest absolute Gasteiger partial charge is 0.329 e. The van der Waals surface area contributed by atoms with Crippen LogP contribution in [0.3, 0.4) is 0 Å². The van der Waals surface area contributed by atoms with Gasteiger partial charge in [0, 0.05) is 19.2 Å². The molecule has 0 unspecified atom stereocenters. The Morgan fingerprint density at radius 3 is 2.79 bits per heavy atom. The van der Waals surface area contributed by atoms with Crippen molar-refractivity contribution in [2.24, 2.45) is 0 Å². The van der Waals surface area contributed by atoms with E-state index < -0.39 is 12.6 Å². The number of nitrogens with zero attached hydrogens (tertiary/aromatic N) is 2. The number of aromatic amines is 1. The summed E-state index contributed by atoms with van der Waals surface area (Å²) in [6.07, 6.45) is -2.59. The fourth-order valence-corrected chi connectivity index (χ4v) is 2.24. The van der Waals surface area contributed by atoms with Crippen molar-refractivity contribution in [2.75, 3.05) is 0 Å². The first-order valence-electron chi connectivity index (χ1n) is 5.99. The Labute approximate surface area is 113 Å². The molecule has 2 aromatic heterocycles. The quantitative estimate of drug-likeness (QED) is 0.678. The number of pyridine rings is 1.